The number of pyridine rings is 1. The van der Waals surface area contributed by atoms with Crippen LogP contribution in [-0.4, -0.2) is 27.0 Å². The van der Waals surface area contributed by atoms with E-state index in [1.807, 2.05) is 49.4 Å². The van der Waals surface area contributed by atoms with Gasteiger partial charge in [0.2, 0.25) is 5.96 Å². The number of nitrogens with two attached hydrogens (primary N) is 1. The van der Waals surface area contributed by atoms with Crippen molar-refractivity contribution in [2.24, 2.45) is 10.7 Å². The minimum absolute atomic E-state index is 0.299. The van der Waals surface area contributed by atoms with Crippen LogP contribution in [0.15, 0.2) is 59.9 Å². The Balaban J connectivity index is 1.65. The van der Waals surface area contributed by atoms with Gasteiger partial charge in [-0.3, -0.25) is 4.98 Å². The summed E-state index contributed by atoms with van der Waals surface area (Å²) in [5.74, 6) is 1.33. The van der Waals surface area contributed by atoms with Gasteiger partial charge < -0.3 is 16.0 Å². The van der Waals surface area contributed by atoms with E-state index >= 15 is 0 Å². The zero-order valence-corrected chi connectivity index (χ0v) is 17.5. The Labute approximate surface area is 181 Å². The van der Waals surface area contributed by atoms with E-state index in [9.17, 15) is 0 Å². The third-order valence-corrected chi connectivity index (χ3v) is 5.28. The lowest BCUT2D eigenvalue weighted by Gasteiger charge is -2.30. The molecule has 3 aromatic rings. The van der Waals surface area contributed by atoms with Gasteiger partial charge >= 0.3 is 0 Å². The lowest BCUT2D eigenvalue weighted by Crippen LogP contribution is -2.43. The third kappa shape index (κ3) is 4.86. The SMILES string of the molecule is Cc1cc(Nc2cccnc2)nc(N=C(N)N(c2ccc(Cl)cc2)C2CCCC2)n1. The molecule has 0 unspecified atom stereocenters. The number of hydrogen-bond acceptors (Lipinski definition) is 5. The first-order valence-corrected chi connectivity index (χ1v) is 10.4. The predicted octanol–water partition coefficient (Wildman–Crippen LogP) is 4.97. The first-order valence-electron chi connectivity index (χ1n) is 10.0. The predicted molar refractivity (Wildman–Crippen MR) is 122 cm³/mol. The molecule has 1 saturated carbocycles. The molecule has 0 bridgehead atoms. The summed E-state index contributed by atoms with van der Waals surface area (Å²) in [6.07, 6.45) is 7.96. The van der Waals surface area contributed by atoms with Crippen LogP contribution in [0.25, 0.3) is 0 Å². The molecule has 0 atom stereocenters. The molecule has 4 rings (SSSR count). The number of hydrogen-bond donors (Lipinski definition) is 2. The summed E-state index contributed by atoms with van der Waals surface area (Å²) in [6, 6.07) is 13.6. The van der Waals surface area contributed by atoms with E-state index in [1.54, 1.807) is 12.4 Å². The van der Waals surface area contributed by atoms with Gasteiger partial charge in [0.1, 0.15) is 5.82 Å². The van der Waals surface area contributed by atoms with Crippen molar-refractivity contribution < 1.29 is 0 Å². The van der Waals surface area contributed by atoms with Crippen molar-refractivity contribution in [3.63, 3.8) is 0 Å². The molecular formula is C22H24ClN7. The Morgan fingerprint density at radius 2 is 1.93 bits per heavy atom. The normalized spacial score (nSPS) is 14.7. The fraction of sp³-hybridized carbons (Fsp3) is 0.273. The molecule has 2 aromatic heterocycles. The molecule has 0 amide bonds. The maximum atomic E-state index is 6.49. The van der Waals surface area contributed by atoms with E-state index in [-0.39, 0.29) is 0 Å². The number of nitrogens with zero attached hydrogens (tertiary/aromatic N) is 5. The summed E-state index contributed by atoms with van der Waals surface area (Å²) in [6.45, 7) is 1.90. The van der Waals surface area contributed by atoms with E-state index < -0.39 is 0 Å². The molecule has 154 valence electrons. The molecule has 0 spiro atoms. The number of halogens is 1. The largest absolute Gasteiger partial charge is 0.369 e. The Morgan fingerprint density at radius 1 is 1.17 bits per heavy atom. The number of nitrogens with one attached hydrogen (secondary N) is 1. The molecule has 30 heavy (non-hydrogen) atoms. The highest BCUT2D eigenvalue weighted by atomic mass is 35.5. The molecule has 3 N–H and O–H groups in total. The van der Waals surface area contributed by atoms with E-state index in [0.29, 0.717) is 28.8 Å². The van der Waals surface area contributed by atoms with Gasteiger partial charge in [0, 0.05) is 34.7 Å². The van der Waals surface area contributed by atoms with Crippen LogP contribution in [0.2, 0.25) is 5.02 Å². The molecule has 8 heteroatoms. The van der Waals surface area contributed by atoms with Crippen LogP contribution in [0, 0.1) is 6.92 Å². The zero-order valence-electron chi connectivity index (χ0n) is 16.8. The van der Waals surface area contributed by atoms with E-state index in [4.69, 9.17) is 17.3 Å². The molecule has 0 saturated heterocycles. The van der Waals surface area contributed by atoms with Gasteiger partial charge in [0.15, 0.2) is 0 Å². The summed E-state index contributed by atoms with van der Waals surface area (Å²) in [7, 11) is 0. The Morgan fingerprint density at radius 3 is 2.63 bits per heavy atom. The number of guanidine groups is 1. The number of benzene rings is 1. The lowest BCUT2D eigenvalue weighted by molar-refractivity contribution is 0.687. The van der Waals surface area contributed by atoms with Crippen LogP contribution < -0.4 is 16.0 Å². The van der Waals surface area contributed by atoms with Crippen molar-refractivity contribution >= 4 is 40.7 Å². The first-order chi connectivity index (χ1) is 14.6. The molecule has 1 aliphatic rings. The molecule has 7 nitrogen and oxygen atoms in total. The van der Waals surface area contributed by atoms with Crippen LogP contribution >= 0.6 is 11.6 Å². The number of anilines is 3. The van der Waals surface area contributed by atoms with Crippen LogP contribution in [0.1, 0.15) is 31.4 Å². The van der Waals surface area contributed by atoms with Crippen LogP contribution in [0.3, 0.4) is 0 Å². The average Bonchev–Trinajstić information content (AvgIpc) is 3.24. The standard InChI is InChI=1S/C22H24ClN7/c1-15-13-20(27-17-5-4-12-25-14-17)28-22(26-15)29-21(24)30(18-6-2-3-7-18)19-10-8-16(23)9-11-19/h4-5,8-14,18H,2-3,6-7H2,1H3,(H3,24,26,27,28,29). The van der Waals surface area contributed by atoms with Crippen LogP contribution in [0.5, 0.6) is 0 Å². The maximum absolute atomic E-state index is 6.49. The molecule has 0 aliphatic heterocycles. The minimum atomic E-state index is 0.299. The first kappa shape index (κ1) is 20.1. The second-order valence-corrected chi connectivity index (χ2v) is 7.75. The summed E-state index contributed by atoms with van der Waals surface area (Å²) >= 11 is 6.08. The molecule has 1 fully saturated rings. The van der Waals surface area contributed by atoms with Gasteiger partial charge in [-0.05, 0) is 56.2 Å². The zero-order chi connectivity index (χ0) is 20.9. The van der Waals surface area contributed by atoms with E-state index in [2.05, 4.69) is 30.2 Å². The van der Waals surface area contributed by atoms with Gasteiger partial charge in [-0.25, -0.2) is 4.98 Å². The van der Waals surface area contributed by atoms with E-state index in [0.717, 1.165) is 29.9 Å². The molecule has 0 radical (unpaired) electrons. The van der Waals surface area contributed by atoms with Crippen LogP contribution in [0.4, 0.5) is 23.1 Å². The van der Waals surface area contributed by atoms with Gasteiger partial charge in [-0.15, -0.1) is 0 Å². The van der Waals surface area contributed by atoms with Crippen molar-refractivity contribution in [1.82, 2.24) is 15.0 Å². The highest BCUT2D eigenvalue weighted by molar-refractivity contribution is 6.30. The lowest BCUT2D eigenvalue weighted by atomic mass is 10.2. The highest BCUT2D eigenvalue weighted by Gasteiger charge is 2.26. The minimum Gasteiger partial charge on any atom is -0.369 e. The van der Waals surface area contributed by atoms with Gasteiger partial charge in [0.05, 0.1) is 11.9 Å². The highest BCUT2D eigenvalue weighted by Crippen LogP contribution is 2.29. The second kappa shape index (κ2) is 9.09. The van der Waals surface area contributed by atoms with Crippen molar-refractivity contribution in [3.8, 4) is 0 Å². The number of aromatic nitrogens is 3. The number of rotatable bonds is 5. The topological polar surface area (TPSA) is 92.3 Å². The number of aryl methyl sites for hydroxylation is 1. The average molecular weight is 422 g/mol. The van der Waals surface area contributed by atoms with Crippen molar-refractivity contribution in [2.75, 3.05) is 10.2 Å². The molecular weight excluding hydrogens is 398 g/mol. The fourth-order valence-corrected chi connectivity index (χ4v) is 3.83. The summed E-state index contributed by atoms with van der Waals surface area (Å²) < 4.78 is 0. The molecule has 1 aliphatic carbocycles. The monoisotopic (exact) mass is 421 g/mol. The summed E-state index contributed by atoms with van der Waals surface area (Å²) in [5.41, 5.74) is 9.09. The van der Waals surface area contributed by atoms with Crippen LogP contribution in [-0.2, 0) is 0 Å². The molecule has 1 aromatic carbocycles. The second-order valence-electron chi connectivity index (χ2n) is 7.32. The Hall–Kier alpha value is -3.19. The maximum Gasteiger partial charge on any atom is 0.254 e. The van der Waals surface area contributed by atoms with Gasteiger partial charge in [0.25, 0.3) is 5.95 Å². The van der Waals surface area contributed by atoms with Crippen molar-refractivity contribution in [2.45, 2.75) is 38.6 Å². The fourth-order valence-electron chi connectivity index (χ4n) is 3.70. The summed E-state index contributed by atoms with van der Waals surface area (Å²) in [5, 5.41) is 3.92. The molecule has 2 heterocycles. The van der Waals surface area contributed by atoms with E-state index in [1.165, 1.54) is 12.8 Å². The summed E-state index contributed by atoms with van der Waals surface area (Å²) in [4.78, 5) is 19.7. The van der Waals surface area contributed by atoms with Crippen molar-refractivity contribution in [1.29, 1.82) is 0 Å². The Kier molecular flexibility index (Phi) is 6.09. The van der Waals surface area contributed by atoms with Crippen molar-refractivity contribution in [3.05, 3.63) is 65.6 Å². The quantitative estimate of drug-likeness (QED) is 0.446. The third-order valence-electron chi connectivity index (χ3n) is 5.03. The van der Waals surface area contributed by atoms with Gasteiger partial charge in [-0.2, -0.15) is 9.98 Å². The smallest absolute Gasteiger partial charge is 0.254 e. The Bertz CT molecular complexity index is 1020. The number of aliphatic imine (C=N–C) groups is 1. The van der Waals surface area contributed by atoms with Gasteiger partial charge in [-0.1, -0.05) is 24.4 Å².